The largest absolute Gasteiger partial charge is 0.330 e. The first-order valence-corrected chi connectivity index (χ1v) is 5.90. The molecule has 14 heavy (non-hydrogen) atoms. The lowest BCUT2D eigenvalue weighted by molar-refractivity contribution is 0.521. The van der Waals surface area contributed by atoms with Gasteiger partial charge in [-0.05, 0) is 55.3 Å². The second-order valence-corrected chi connectivity index (χ2v) is 5.32. The Labute approximate surface area is 93.8 Å². The Kier molecular flexibility index (Phi) is 2.67. The molecule has 1 aliphatic carbocycles. The van der Waals surface area contributed by atoms with Crippen LogP contribution in [0.1, 0.15) is 24.0 Å². The van der Waals surface area contributed by atoms with Gasteiger partial charge in [-0.15, -0.1) is 0 Å². The topological polar surface area (TPSA) is 26.0 Å². The van der Waals surface area contributed by atoms with Crippen molar-refractivity contribution in [1.82, 2.24) is 0 Å². The maximum Gasteiger partial charge on any atom is 0.0204 e. The summed E-state index contributed by atoms with van der Waals surface area (Å²) in [5.41, 5.74) is 8.96. The van der Waals surface area contributed by atoms with Gasteiger partial charge in [0.2, 0.25) is 0 Å². The van der Waals surface area contributed by atoms with Crippen LogP contribution in [0.15, 0.2) is 22.7 Å². The quantitative estimate of drug-likeness (QED) is 0.881. The number of halogens is 1. The van der Waals surface area contributed by atoms with E-state index in [1.54, 1.807) is 0 Å². The lowest BCUT2D eigenvalue weighted by atomic mass is 9.96. The minimum Gasteiger partial charge on any atom is -0.330 e. The second-order valence-electron chi connectivity index (χ2n) is 4.46. The summed E-state index contributed by atoms with van der Waals surface area (Å²) in [6.45, 7) is 2.97. The van der Waals surface area contributed by atoms with Crippen molar-refractivity contribution in [2.45, 2.75) is 26.2 Å². The smallest absolute Gasteiger partial charge is 0.0204 e. The minimum absolute atomic E-state index is 0.445. The van der Waals surface area contributed by atoms with Gasteiger partial charge in [0.15, 0.2) is 0 Å². The normalized spacial score (nSPS) is 18.2. The molecule has 1 nitrogen and oxygen atoms in total. The highest BCUT2D eigenvalue weighted by molar-refractivity contribution is 9.10. The molecule has 2 N–H and O–H groups in total. The Morgan fingerprint density at radius 3 is 2.64 bits per heavy atom. The van der Waals surface area contributed by atoms with Gasteiger partial charge in [0.25, 0.3) is 0 Å². The molecule has 0 atom stereocenters. The fourth-order valence-electron chi connectivity index (χ4n) is 1.88. The zero-order valence-corrected chi connectivity index (χ0v) is 10.1. The molecule has 0 bridgehead atoms. The van der Waals surface area contributed by atoms with Crippen LogP contribution in [0, 0.1) is 12.3 Å². The summed E-state index contributed by atoms with van der Waals surface area (Å²) >= 11 is 3.52. The Balaban J connectivity index is 2.14. The van der Waals surface area contributed by atoms with E-state index in [2.05, 4.69) is 41.1 Å². The van der Waals surface area contributed by atoms with E-state index in [1.165, 1.54) is 28.4 Å². The summed E-state index contributed by atoms with van der Waals surface area (Å²) in [6, 6.07) is 6.60. The van der Waals surface area contributed by atoms with Crippen LogP contribution < -0.4 is 5.73 Å². The third-order valence-electron chi connectivity index (χ3n) is 3.19. The fraction of sp³-hybridized carbons (Fsp3) is 0.500. The molecular weight excluding hydrogens is 238 g/mol. The summed E-state index contributed by atoms with van der Waals surface area (Å²) in [5.74, 6) is 0. The lowest BCUT2D eigenvalue weighted by Gasteiger charge is -2.12. The van der Waals surface area contributed by atoms with Crippen LogP contribution in [0.2, 0.25) is 0 Å². The first-order valence-electron chi connectivity index (χ1n) is 5.10. The predicted molar refractivity (Wildman–Crippen MR) is 63.3 cm³/mol. The van der Waals surface area contributed by atoms with Gasteiger partial charge in [0, 0.05) is 4.47 Å². The molecule has 2 heteroatoms. The van der Waals surface area contributed by atoms with Crippen molar-refractivity contribution in [3.05, 3.63) is 33.8 Å². The molecule has 0 aromatic heterocycles. The molecular formula is C12H16BrN. The maximum atomic E-state index is 5.78. The first kappa shape index (κ1) is 10.2. The number of hydrogen-bond donors (Lipinski definition) is 1. The Morgan fingerprint density at radius 1 is 1.43 bits per heavy atom. The van der Waals surface area contributed by atoms with Crippen LogP contribution in [0.4, 0.5) is 0 Å². The average molecular weight is 254 g/mol. The van der Waals surface area contributed by atoms with Crippen molar-refractivity contribution in [1.29, 1.82) is 0 Å². The van der Waals surface area contributed by atoms with Gasteiger partial charge in [-0.2, -0.15) is 0 Å². The third kappa shape index (κ3) is 2.01. The van der Waals surface area contributed by atoms with Crippen molar-refractivity contribution in [2.24, 2.45) is 11.1 Å². The fourth-order valence-corrected chi connectivity index (χ4v) is 2.13. The zero-order valence-electron chi connectivity index (χ0n) is 8.52. The van der Waals surface area contributed by atoms with Gasteiger partial charge in [0.1, 0.15) is 0 Å². The molecule has 2 rings (SSSR count). The highest BCUT2D eigenvalue weighted by Gasteiger charge is 2.40. The van der Waals surface area contributed by atoms with E-state index in [9.17, 15) is 0 Å². The standard InChI is InChI=1S/C12H16BrN/c1-9-6-10(2-3-11(9)13)7-12(8-14)4-5-12/h2-3,6H,4-5,7-8,14H2,1H3. The van der Waals surface area contributed by atoms with Crippen molar-refractivity contribution >= 4 is 15.9 Å². The van der Waals surface area contributed by atoms with Crippen molar-refractivity contribution in [3.8, 4) is 0 Å². The van der Waals surface area contributed by atoms with E-state index in [0.29, 0.717) is 5.41 Å². The number of nitrogens with two attached hydrogens (primary N) is 1. The molecule has 1 fully saturated rings. The number of hydrogen-bond acceptors (Lipinski definition) is 1. The molecule has 76 valence electrons. The highest BCUT2D eigenvalue weighted by Crippen LogP contribution is 2.47. The second kappa shape index (κ2) is 3.67. The number of benzene rings is 1. The monoisotopic (exact) mass is 253 g/mol. The average Bonchev–Trinajstić information content (AvgIpc) is 2.93. The van der Waals surface area contributed by atoms with Crippen molar-refractivity contribution < 1.29 is 0 Å². The summed E-state index contributed by atoms with van der Waals surface area (Å²) in [7, 11) is 0. The van der Waals surface area contributed by atoms with Gasteiger partial charge >= 0.3 is 0 Å². The van der Waals surface area contributed by atoms with Gasteiger partial charge < -0.3 is 5.73 Å². The number of rotatable bonds is 3. The Morgan fingerprint density at radius 2 is 2.14 bits per heavy atom. The van der Waals surface area contributed by atoms with Crippen molar-refractivity contribution in [3.63, 3.8) is 0 Å². The van der Waals surface area contributed by atoms with Crippen LogP contribution in [0.25, 0.3) is 0 Å². The zero-order chi connectivity index (χ0) is 10.2. The van der Waals surface area contributed by atoms with E-state index in [1.807, 2.05) is 0 Å². The van der Waals surface area contributed by atoms with E-state index < -0.39 is 0 Å². The van der Waals surface area contributed by atoms with E-state index in [4.69, 9.17) is 5.73 Å². The molecule has 0 spiro atoms. The predicted octanol–water partition coefficient (Wildman–Crippen LogP) is 3.04. The molecule has 1 aliphatic rings. The van der Waals surface area contributed by atoms with E-state index in [-0.39, 0.29) is 0 Å². The van der Waals surface area contributed by atoms with Crippen LogP contribution >= 0.6 is 15.9 Å². The van der Waals surface area contributed by atoms with Gasteiger partial charge in [-0.3, -0.25) is 0 Å². The van der Waals surface area contributed by atoms with E-state index in [0.717, 1.165) is 13.0 Å². The summed E-state index contributed by atoms with van der Waals surface area (Å²) in [5, 5.41) is 0. The van der Waals surface area contributed by atoms with Crippen LogP contribution in [0.5, 0.6) is 0 Å². The van der Waals surface area contributed by atoms with Crippen LogP contribution in [0.3, 0.4) is 0 Å². The first-order chi connectivity index (χ1) is 6.65. The number of aryl methyl sites for hydroxylation is 1. The summed E-state index contributed by atoms with van der Waals surface area (Å²) in [6.07, 6.45) is 3.76. The SMILES string of the molecule is Cc1cc(CC2(CN)CC2)ccc1Br. The van der Waals surface area contributed by atoms with E-state index >= 15 is 0 Å². The molecule has 0 amide bonds. The summed E-state index contributed by atoms with van der Waals surface area (Å²) in [4.78, 5) is 0. The summed E-state index contributed by atoms with van der Waals surface area (Å²) < 4.78 is 1.19. The third-order valence-corrected chi connectivity index (χ3v) is 4.08. The molecule has 1 aromatic rings. The minimum atomic E-state index is 0.445. The van der Waals surface area contributed by atoms with Gasteiger partial charge in [-0.1, -0.05) is 28.1 Å². The van der Waals surface area contributed by atoms with Gasteiger partial charge in [-0.25, -0.2) is 0 Å². The molecule has 0 heterocycles. The molecule has 0 aliphatic heterocycles. The molecule has 0 unspecified atom stereocenters. The molecule has 0 saturated heterocycles. The Bertz CT molecular complexity index is 342. The van der Waals surface area contributed by atoms with Gasteiger partial charge in [0.05, 0.1) is 0 Å². The highest BCUT2D eigenvalue weighted by atomic mass is 79.9. The lowest BCUT2D eigenvalue weighted by Crippen LogP contribution is -2.17. The molecule has 1 aromatic carbocycles. The Hall–Kier alpha value is -0.340. The molecule has 1 saturated carbocycles. The van der Waals surface area contributed by atoms with Crippen LogP contribution in [-0.2, 0) is 6.42 Å². The molecule has 0 radical (unpaired) electrons. The maximum absolute atomic E-state index is 5.78. The van der Waals surface area contributed by atoms with Crippen LogP contribution in [-0.4, -0.2) is 6.54 Å². The van der Waals surface area contributed by atoms with Crippen molar-refractivity contribution in [2.75, 3.05) is 6.54 Å².